The van der Waals surface area contributed by atoms with Crippen LogP contribution in [0, 0.1) is 0 Å². The Balaban J connectivity index is 0.000000165. The topological polar surface area (TPSA) is 113 Å². The van der Waals surface area contributed by atoms with Gasteiger partial charge in [0, 0.05) is 17.3 Å². The first kappa shape index (κ1) is 27.5. The number of nitrogens with zero attached hydrogens (tertiary/aromatic N) is 6. The average Bonchev–Trinajstić information content (AvgIpc) is 3.63. The van der Waals surface area contributed by atoms with E-state index in [1.807, 2.05) is 60.7 Å². The number of esters is 2. The third-order valence-corrected chi connectivity index (χ3v) is 6.07. The van der Waals surface area contributed by atoms with Crippen LogP contribution in [0.5, 0.6) is 0 Å². The Labute approximate surface area is 240 Å². The molecule has 0 unspecified atom stereocenters. The molecule has 10 nitrogen and oxygen atoms in total. The van der Waals surface area contributed by atoms with Crippen LogP contribution in [-0.2, 0) is 9.47 Å². The van der Waals surface area contributed by atoms with Gasteiger partial charge in [0.25, 0.3) is 0 Å². The van der Waals surface area contributed by atoms with E-state index in [-0.39, 0.29) is 17.7 Å². The Morgan fingerprint density at radius 2 is 1.24 bits per heavy atom. The fourth-order valence-corrected chi connectivity index (χ4v) is 4.26. The van der Waals surface area contributed by atoms with Gasteiger partial charge in [0.15, 0.2) is 16.4 Å². The van der Waals surface area contributed by atoms with Gasteiger partial charge >= 0.3 is 11.9 Å². The van der Waals surface area contributed by atoms with Crippen molar-refractivity contribution in [2.75, 3.05) is 13.2 Å². The third kappa shape index (κ3) is 6.07. The molecular formula is C30H25ClN6O4. The second-order valence-electron chi connectivity index (χ2n) is 8.59. The lowest BCUT2D eigenvalue weighted by atomic mass is 10.2. The molecule has 0 spiro atoms. The summed E-state index contributed by atoms with van der Waals surface area (Å²) < 4.78 is 13.1. The van der Waals surface area contributed by atoms with Crippen LogP contribution in [-0.4, -0.2) is 54.3 Å². The van der Waals surface area contributed by atoms with E-state index in [1.54, 1.807) is 43.0 Å². The highest BCUT2D eigenvalue weighted by Gasteiger charge is 2.18. The SMILES string of the molecule is CCOC(=O)c1cc(Cl)nn2cc(-c3ccccc3)nc12.CCOC(=O)c1ccnn2cc(-c3ccccc3)nc12. The largest absolute Gasteiger partial charge is 0.462 e. The second kappa shape index (κ2) is 12.4. The molecule has 0 saturated carbocycles. The molecule has 0 atom stereocenters. The standard InChI is InChI=1S/C15H12ClN3O2.C15H13N3O2/c1-2-21-15(20)11-8-13(16)18-19-9-12(17-14(11)19)10-6-4-3-5-7-10;1-2-20-15(19)12-8-9-16-18-10-13(17-14(12)18)11-6-4-3-5-7-11/h3-9H,2H2,1H3;3-10H,2H2,1H3. The minimum Gasteiger partial charge on any atom is -0.462 e. The van der Waals surface area contributed by atoms with E-state index in [4.69, 9.17) is 21.1 Å². The maximum Gasteiger partial charge on any atom is 0.342 e. The minimum atomic E-state index is -0.461. The van der Waals surface area contributed by atoms with Gasteiger partial charge in [-0.3, -0.25) is 0 Å². The Morgan fingerprint density at radius 1 is 0.732 bits per heavy atom. The van der Waals surface area contributed by atoms with Crippen molar-refractivity contribution in [1.82, 2.24) is 29.2 Å². The van der Waals surface area contributed by atoms with Gasteiger partial charge in [-0.1, -0.05) is 72.3 Å². The molecule has 6 rings (SSSR count). The van der Waals surface area contributed by atoms with Crippen molar-refractivity contribution in [3.8, 4) is 22.5 Å². The number of hydrogen-bond donors (Lipinski definition) is 0. The highest BCUT2D eigenvalue weighted by atomic mass is 35.5. The molecule has 0 radical (unpaired) electrons. The number of imidazole rings is 2. The molecule has 0 saturated heterocycles. The number of fused-ring (bicyclic) bond motifs is 2. The molecule has 0 aliphatic carbocycles. The van der Waals surface area contributed by atoms with Crippen LogP contribution in [0.4, 0.5) is 0 Å². The van der Waals surface area contributed by atoms with Gasteiger partial charge in [0.1, 0.15) is 11.1 Å². The zero-order chi connectivity index (χ0) is 28.8. The Hall–Kier alpha value is -5.09. The van der Waals surface area contributed by atoms with Crippen molar-refractivity contribution >= 4 is 34.8 Å². The lowest BCUT2D eigenvalue weighted by molar-refractivity contribution is 0.0518. The smallest absolute Gasteiger partial charge is 0.342 e. The second-order valence-corrected chi connectivity index (χ2v) is 8.97. The maximum absolute atomic E-state index is 12.0. The first-order chi connectivity index (χ1) is 20.0. The molecular weight excluding hydrogens is 544 g/mol. The summed E-state index contributed by atoms with van der Waals surface area (Å²) in [5, 5.41) is 8.52. The number of benzene rings is 2. The van der Waals surface area contributed by atoms with Crippen LogP contribution in [0.2, 0.25) is 5.15 Å². The fourth-order valence-electron chi connectivity index (χ4n) is 4.07. The number of halogens is 1. The first-order valence-corrected chi connectivity index (χ1v) is 13.2. The molecule has 0 aliphatic heterocycles. The summed E-state index contributed by atoms with van der Waals surface area (Å²) in [6.07, 6.45) is 5.10. The van der Waals surface area contributed by atoms with E-state index in [1.165, 1.54) is 10.6 Å². The molecule has 0 aliphatic rings. The van der Waals surface area contributed by atoms with Gasteiger partial charge in [0.2, 0.25) is 0 Å². The van der Waals surface area contributed by atoms with Crippen LogP contribution in [0.3, 0.4) is 0 Å². The Morgan fingerprint density at radius 3 is 1.80 bits per heavy atom. The Bertz CT molecular complexity index is 1820. The summed E-state index contributed by atoms with van der Waals surface area (Å²) in [7, 11) is 0. The normalized spacial score (nSPS) is 10.7. The summed E-state index contributed by atoms with van der Waals surface area (Å²) in [4.78, 5) is 32.8. The summed E-state index contributed by atoms with van der Waals surface area (Å²) >= 11 is 5.96. The molecule has 41 heavy (non-hydrogen) atoms. The molecule has 206 valence electrons. The van der Waals surface area contributed by atoms with Crippen molar-refractivity contribution in [2.24, 2.45) is 0 Å². The van der Waals surface area contributed by atoms with E-state index >= 15 is 0 Å². The molecule has 2 aromatic carbocycles. The quantitative estimate of drug-likeness (QED) is 0.232. The van der Waals surface area contributed by atoms with Crippen LogP contribution in [0.15, 0.2) is 91.4 Å². The molecule has 0 fully saturated rings. The predicted octanol–water partition coefficient (Wildman–Crippen LogP) is 5.80. The first-order valence-electron chi connectivity index (χ1n) is 12.8. The van der Waals surface area contributed by atoms with Gasteiger partial charge < -0.3 is 9.47 Å². The van der Waals surface area contributed by atoms with E-state index in [2.05, 4.69) is 20.2 Å². The minimum absolute atomic E-state index is 0.211. The maximum atomic E-state index is 12.0. The molecule has 11 heteroatoms. The van der Waals surface area contributed by atoms with E-state index < -0.39 is 5.97 Å². The van der Waals surface area contributed by atoms with Crippen LogP contribution in [0.1, 0.15) is 34.6 Å². The van der Waals surface area contributed by atoms with Gasteiger partial charge in [-0.2, -0.15) is 10.2 Å². The Kier molecular flexibility index (Phi) is 8.31. The van der Waals surface area contributed by atoms with Crippen molar-refractivity contribution in [3.05, 3.63) is 108 Å². The zero-order valence-electron chi connectivity index (χ0n) is 22.3. The lowest BCUT2D eigenvalue weighted by Gasteiger charge is -2.03. The average molecular weight is 569 g/mol. The van der Waals surface area contributed by atoms with Crippen molar-refractivity contribution in [3.63, 3.8) is 0 Å². The summed E-state index contributed by atoms with van der Waals surface area (Å²) in [5.74, 6) is -0.845. The molecule has 4 heterocycles. The number of carbonyl (C=O) groups is 2. The number of aromatic nitrogens is 6. The number of carbonyl (C=O) groups excluding carboxylic acids is 2. The molecule has 0 N–H and O–H groups in total. The lowest BCUT2D eigenvalue weighted by Crippen LogP contribution is -2.08. The highest BCUT2D eigenvalue weighted by molar-refractivity contribution is 6.29. The van der Waals surface area contributed by atoms with Gasteiger partial charge in [-0.05, 0) is 26.0 Å². The number of hydrogen-bond acceptors (Lipinski definition) is 8. The number of rotatable bonds is 6. The van der Waals surface area contributed by atoms with Crippen molar-refractivity contribution < 1.29 is 19.1 Å². The number of ether oxygens (including phenoxy) is 2. The third-order valence-electron chi connectivity index (χ3n) is 5.89. The summed E-state index contributed by atoms with van der Waals surface area (Å²) in [6.45, 7) is 4.15. The molecule has 4 aromatic heterocycles. The van der Waals surface area contributed by atoms with E-state index in [0.717, 1.165) is 22.5 Å². The van der Waals surface area contributed by atoms with Crippen molar-refractivity contribution in [2.45, 2.75) is 13.8 Å². The van der Waals surface area contributed by atoms with Gasteiger partial charge in [0.05, 0.1) is 37.0 Å². The molecule has 0 bridgehead atoms. The summed E-state index contributed by atoms with van der Waals surface area (Å²) in [5.41, 5.74) is 5.07. The molecule has 6 aromatic rings. The van der Waals surface area contributed by atoms with Crippen LogP contribution >= 0.6 is 11.6 Å². The zero-order valence-corrected chi connectivity index (χ0v) is 23.0. The molecule has 0 amide bonds. The van der Waals surface area contributed by atoms with Crippen LogP contribution < -0.4 is 0 Å². The van der Waals surface area contributed by atoms with Gasteiger partial charge in [-0.15, -0.1) is 0 Å². The van der Waals surface area contributed by atoms with Crippen molar-refractivity contribution in [1.29, 1.82) is 0 Å². The van der Waals surface area contributed by atoms with Crippen LogP contribution in [0.25, 0.3) is 33.8 Å². The predicted molar refractivity (Wildman–Crippen MR) is 154 cm³/mol. The summed E-state index contributed by atoms with van der Waals surface area (Å²) in [6, 6.07) is 22.5. The highest BCUT2D eigenvalue weighted by Crippen LogP contribution is 2.22. The monoisotopic (exact) mass is 568 g/mol. The van der Waals surface area contributed by atoms with E-state index in [0.29, 0.717) is 29.0 Å². The fraction of sp³-hybridized carbons (Fsp3) is 0.133. The van der Waals surface area contributed by atoms with E-state index in [9.17, 15) is 9.59 Å². The van der Waals surface area contributed by atoms with Gasteiger partial charge in [-0.25, -0.2) is 28.6 Å².